The molecule has 1 aliphatic rings. The first-order chi connectivity index (χ1) is 18.4. The molecule has 206 valence electrons. The Balaban J connectivity index is 1.85. The number of pyridine rings is 1. The number of nitrogens with zero attached hydrogens (tertiary/aromatic N) is 2. The number of benzene rings is 2. The van der Waals surface area contributed by atoms with Crippen LogP contribution in [0.25, 0.3) is 0 Å². The minimum Gasteiger partial charge on any atom is -0.483 e. The standard InChI is InChI=1S/C28H28BrClFN3O5/c1-28(2,3)25(39-27(32)37)21-20(29)23(35)24(38-15-16-7-5-4-6-8-16)22-26(36)33(11-12-34(21)22)14-17-9-10-19(31)18(30)13-17/h4-10,13,25H,11-12,14-15H2,1-3H3,(H2,32,37). The second kappa shape index (κ2) is 11.4. The van der Waals surface area contributed by atoms with Crippen molar-refractivity contribution in [2.24, 2.45) is 11.1 Å². The Hall–Kier alpha value is -3.37. The number of amides is 2. The fraction of sp³-hybridized carbons (Fsp3) is 0.321. The van der Waals surface area contributed by atoms with Crippen molar-refractivity contribution in [3.63, 3.8) is 0 Å². The zero-order valence-electron chi connectivity index (χ0n) is 21.7. The summed E-state index contributed by atoms with van der Waals surface area (Å²) in [6.07, 6.45) is -1.96. The Bertz CT molecular complexity index is 1470. The van der Waals surface area contributed by atoms with Gasteiger partial charge in [-0.3, -0.25) is 9.59 Å². The van der Waals surface area contributed by atoms with Crippen LogP contribution in [0.3, 0.4) is 0 Å². The van der Waals surface area contributed by atoms with Gasteiger partial charge in [0.15, 0.2) is 11.4 Å². The summed E-state index contributed by atoms with van der Waals surface area (Å²) >= 11 is 9.35. The van der Waals surface area contributed by atoms with Crippen LogP contribution in [0.1, 0.15) is 54.2 Å². The zero-order chi connectivity index (χ0) is 28.5. The highest BCUT2D eigenvalue weighted by Crippen LogP contribution is 2.41. The van der Waals surface area contributed by atoms with Crippen LogP contribution in [0.5, 0.6) is 5.75 Å². The van der Waals surface area contributed by atoms with Crippen LogP contribution >= 0.6 is 27.5 Å². The molecule has 0 radical (unpaired) electrons. The summed E-state index contributed by atoms with van der Waals surface area (Å²) in [6, 6.07) is 13.5. The van der Waals surface area contributed by atoms with Gasteiger partial charge in [-0.2, -0.15) is 0 Å². The molecule has 8 nitrogen and oxygen atoms in total. The predicted octanol–water partition coefficient (Wildman–Crippen LogP) is 5.82. The molecule has 1 unspecified atom stereocenters. The molecule has 39 heavy (non-hydrogen) atoms. The summed E-state index contributed by atoms with van der Waals surface area (Å²) in [6.45, 7) is 6.21. The number of rotatable bonds is 7. The predicted molar refractivity (Wildman–Crippen MR) is 148 cm³/mol. The molecule has 0 fully saturated rings. The van der Waals surface area contributed by atoms with Crippen LogP contribution in [0, 0.1) is 11.2 Å². The highest BCUT2D eigenvalue weighted by molar-refractivity contribution is 9.10. The van der Waals surface area contributed by atoms with E-state index in [9.17, 15) is 18.8 Å². The number of hydrogen-bond donors (Lipinski definition) is 1. The summed E-state index contributed by atoms with van der Waals surface area (Å²) in [5.74, 6) is -1.16. The number of halogens is 3. The van der Waals surface area contributed by atoms with E-state index in [1.54, 1.807) is 10.6 Å². The molecule has 0 saturated heterocycles. The molecule has 3 aromatic rings. The lowest BCUT2D eigenvalue weighted by Crippen LogP contribution is -2.44. The second-order valence-electron chi connectivity index (χ2n) is 10.3. The third-order valence-corrected chi connectivity index (χ3v) is 7.40. The Morgan fingerprint density at radius 3 is 2.44 bits per heavy atom. The third-order valence-electron chi connectivity index (χ3n) is 6.34. The third kappa shape index (κ3) is 6.12. The van der Waals surface area contributed by atoms with Crippen LogP contribution in [-0.4, -0.2) is 28.0 Å². The highest BCUT2D eigenvalue weighted by Gasteiger charge is 2.40. The lowest BCUT2D eigenvalue weighted by molar-refractivity contribution is 0.0275. The van der Waals surface area contributed by atoms with Gasteiger partial charge in [0.1, 0.15) is 18.5 Å². The van der Waals surface area contributed by atoms with E-state index in [0.29, 0.717) is 11.3 Å². The number of fused-ring (bicyclic) bond motifs is 1. The Kier molecular flexibility index (Phi) is 8.37. The second-order valence-corrected chi connectivity index (χ2v) is 11.5. The van der Waals surface area contributed by atoms with Gasteiger partial charge in [0, 0.05) is 25.0 Å². The van der Waals surface area contributed by atoms with E-state index < -0.39 is 34.8 Å². The van der Waals surface area contributed by atoms with Gasteiger partial charge in [-0.15, -0.1) is 0 Å². The fourth-order valence-corrected chi connectivity index (χ4v) is 5.30. The minimum absolute atomic E-state index is 0.0240. The van der Waals surface area contributed by atoms with Crippen LogP contribution in [0.2, 0.25) is 5.02 Å². The number of carbonyl (C=O) groups excluding carboxylic acids is 2. The van der Waals surface area contributed by atoms with Crippen LogP contribution in [-0.2, 0) is 24.4 Å². The van der Waals surface area contributed by atoms with Crippen molar-refractivity contribution in [1.82, 2.24) is 9.47 Å². The molecule has 0 bridgehead atoms. The zero-order valence-corrected chi connectivity index (χ0v) is 24.0. The molecular formula is C28H28BrClFN3O5. The Morgan fingerprint density at radius 1 is 1.13 bits per heavy atom. The van der Waals surface area contributed by atoms with Crippen LogP contribution < -0.4 is 15.9 Å². The van der Waals surface area contributed by atoms with Crippen molar-refractivity contribution in [3.05, 3.63) is 96.6 Å². The van der Waals surface area contributed by atoms with Crippen molar-refractivity contribution in [3.8, 4) is 5.75 Å². The number of carbonyl (C=O) groups is 2. The van der Waals surface area contributed by atoms with E-state index in [0.717, 1.165) is 5.56 Å². The monoisotopic (exact) mass is 619 g/mol. The van der Waals surface area contributed by atoms with Gasteiger partial charge in [0.25, 0.3) is 5.91 Å². The first-order valence-electron chi connectivity index (χ1n) is 12.2. The molecule has 0 saturated carbocycles. The lowest BCUT2D eigenvalue weighted by Gasteiger charge is -2.37. The van der Waals surface area contributed by atoms with Crippen molar-refractivity contribution in [2.45, 2.75) is 46.6 Å². The number of ether oxygens (including phenoxy) is 2. The van der Waals surface area contributed by atoms with Crippen molar-refractivity contribution in [2.75, 3.05) is 6.54 Å². The van der Waals surface area contributed by atoms with E-state index in [-0.39, 0.29) is 47.2 Å². The average Bonchev–Trinajstić information content (AvgIpc) is 2.87. The number of primary amides is 1. The number of aromatic nitrogens is 1. The summed E-state index contributed by atoms with van der Waals surface area (Å²) in [5.41, 5.74) is 5.92. The molecule has 2 N–H and O–H groups in total. The highest BCUT2D eigenvalue weighted by atomic mass is 79.9. The van der Waals surface area contributed by atoms with E-state index in [2.05, 4.69) is 15.9 Å². The maximum Gasteiger partial charge on any atom is 0.405 e. The van der Waals surface area contributed by atoms with Gasteiger partial charge in [-0.05, 0) is 39.2 Å². The van der Waals surface area contributed by atoms with Gasteiger partial charge >= 0.3 is 6.09 Å². The van der Waals surface area contributed by atoms with Crippen molar-refractivity contribution in [1.29, 1.82) is 0 Å². The molecule has 1 aliphatic heterocycles. The first kappa shape index (κ1) is 28.6. The maximum absolute atomic E-state index is 13.9. The molecule has 2 heterocycles. The Morgan fingerprint density at radius 2 is 1.82 bits per heavy atom. The average molecular weight is 621 g/mol. The van der Waals surface area contributed by atoms with E-state index in [1.165, 1.54) is 17.0 Å². The van der Waals surface area contributed by atoms with Crippen LogP contribution in [0.15, 0.2) is 57.8 Å². The number of nitrogens with two attached hydrogens (primary N) is 1. The van der Waals surface area contributed by atoms with Gasteiger partial charge in [0.05, 0.1) is 15.2 Å². The smallest absolute Gasteiger partial charge is 0.405 e. The molecule has 2 aromatic carbocycles. The van der Waals surface area contributed by atoms with E-state index >= 15 is 0 Å². The molecule has 4 rings (SSSR count). The topological polar surface area (TPSA) is 104 Å². The molecule has 11 heteroatoms. The van der Waals surface area contributed by atoms with Gasteiger partial charge < -0.3 is 24.7 Å². The largest absolute Gasteiger partial charge is 0.483 e. The summed E-state index contributed by atoms with van der Waals surface area (Å²) in [4.78, 5) is 41.0. The molecule has 1 atom stereocenters. The molecular weight excluding hydrogens is 593 g/mol. The fourth-order valence-electron chi connectivity index (χ4n) is 4.49. The normalized spacial score (nSPS) is 14.1. The molecule has 0 spiro atoms. The molecule has 2 amide bonds. The summed E-state index contributed by atoms with van der Waals surface area (Å²) in [7, 11) is 0. The molecule has 0 aliphatic carbocycles. The van der Waals surface area contributed by atoms with Gasteiger partial charge in [-0.25, -0.2) is 9.18 Å². The van der Waals surface area contributed by atoms with Gasteiger partial charge in [0.2, 0.25) is 5.43 Å². The lowest BCUT2D eigenvalue weighted by atomic mass is 9.86. The summed E-state index contributed by atoms with van der Waals surface area (Å²) < 4.78 is 26.9. The van der Waals surface area contributed by atoms with E-state index in [4.69, 9.17) is 26.8 Å². The summed E-state index contributed by atoms with van der Waals surface area (Å²) in [5, 5.41) is -0.0525. The van der Waals surface area contributed by atoms with Crippen molar-refractivity contribution >= 4 is 39.5 Å². The SMILES string of the molecule is CC(C)(C)C(OC(N)=O)c1c(Br)c(=O)c(OCc2ccccc2)c2n1CCN(Cc1ccc(F)c(Cl)c1)C2=O. The molecule has 1 aromatic heterocycles. The minimum atomic E-state index is -1.01. The van der Waals surface area contributed by atoms with Crippen LogP contribution in [0.4, 0.5) is 9.18 Å². The first-order valence-corrected chi connectivity index (χ1v) is 13.4. The maximum atomic E-state index is 13.9. The van der Waals surface area contributed by atoms with Crippen molar-refractivity contribution < 1.29 is 23.5 Å². The quantitative estimate of drug-likeness (QED) is 0.359. The van der Waals surface area contributed by atoms with Gasteiger partial charge in [-0.1, -0.05) is 68.8 Å². The Labute approximate surface area is 238 Å². The number of hydrogen-bond acceptors (Lipinski definition) is 5. The van der Waals surface area contributed by atoms with E-state index in [1.807, 2.05) is 51.1 Å².